The summed E-state index contributed by atoms with van der Waals surface area (Å²) in [6.45, 7) is 10.6. The fourth-order valence-electron chi connectivity index (χ4n) is 3.66. The van der Waals surface area contributed by atoms with E-state index in [9.17, 15) is 0 Å². The molecule has 0 spiro atoms. The second kappa shape index (κ2) is 11.7. The van der Waals surface area contributed by atoms with E-state index in [-0.39, 0.29) is 5.92 Å². The zero-order chi connectivity index (χ0) is 21.9. The molecule has 0 saturated carbocycles. The van der Waals surface area contributed by atoms with Crippen molar-refractivity contribution in [1.29, 1.82) is 0 Å². The number of anilines is 1. The molecule has 158 valence electrons. The van der Waals surface area contributed by atoms with Gasteiger partial charge in [-0.2, -0.15) is 0 Å². The third kappa shape index (κ3) is 6.02. The van der Waals surface area contributed by atoms with Crippen LogP contribution in [-0.2, 0) is 0 Å². The minimum Gasteiger partial charge on any atom is -0.321 e. The number of aliphatic imine (C=N–C) groups is 2. The fraction of sp³-hybridized carbons (Fsp3) is 0.214. The Kier molecular flexibility index (Phi) is 8.36. The Morgan fingerprint density at radius 3 is 2.68 bits per heavy atom. The highest BCUT2D eigenvalue weighted by atomic mass is 15.1. The van der Waals surface area contributed by atoms with Crippen molar-refractivity contribution in [2.24, 2.45) is 15.9 Å². The van der Waals surface area contributed by atoms with Crippen molar-refractivity contribution in [3.63, 3.8) is 0 Å². The molecule has 0 bridgehead atoms. The molecule has 1 unspecified atom stereocenters. The van der Waals surface area contributed by atoms with E-state index >= 15 is 0 Å². The van der Waals surface area contributed by atoms with Gasteiger partial charge in [-0.15, -0.1) is 6.58 Å². The SMILES string of the molecule is C=CC(CC1=CCC=CN1c1cccc(-c2ccccc2)c1)C(/C=N\CCC)=C/N=C. The maximum atomic E-state index is 4.52. The van der Waals surface area contributed by atoms with E-state index in [2.05, 4.69) is 102 Å². The van der Waals surface area contributed by atoms with Crippen LogP contribution < -0.4 is 4.90 Å². The lowest BCUT2D eigenvalue weighted by molar-refractivity contribution is 0.750. The summed E-state index contributed by atoms with van der Waals surface area (Å²) < 4.78 is 0. The average molecular weight is 410 g/mol. The lowest BCUT2D eigenvalue weighted by atomic mass is 9.93. The molecule has 0 N–H and O–H groups in total. The smallest absolute Gasteiger partial charge is 0.0458 e. The van der Waals surface area contributed by atoms with Crippen LogP contribution in [0, 0.1) is 5.92 Å². The first-order chi connectivity index (χ1) is 15.3. The molecule has 0 fully saturated rings. The van der Waals surface area contributed by atoms with Crippen molar-refractivity contribution in [2.75, 3.05) is 11.4 Å². The summed E-state index contributed by atoms with van der Waals surface area (Å²) in [5, 5.41) is 0. The Balaban J connectivity index is 1.86. The van der Waals surface area contributed by atoms with Crippen molar-refractivity contribution in [3.8, 4) is 11.1 Å². The van der Waals surface area contributed by atoms with Crippen LogP contribution in [-0.4, -0.2) is 19.5 Å². The van der Waals surface area contributed by atoms with Gasteiger partial charge in [-0.25, -0.2) is 0 Å². The van der Waals surface area contributed by atoms with Crippen molar-refractivity contribution >= 4 is 18.6 Å². The van der Waals surface area contributed by atoms with Gasteiger partial charge in [0.2, 0.25) is 0 Å². The summed E-state index contributed by atoms with van der Waals surface area (Å²) in [6, 6.07) is 19.2. The Labute approximate surface area is 186 Å². The van der Waals surface area contributed by atoms with Crippen LogP contribution in [0.4, 0.5) is 5.69 Å². The molecule has 0 saturated heterocycles. The van der Waals surface area contributed by atoms with Crippen LogP contribution in [0.3, 0.4) is 0 Å². The van der Waals surface area contributed by atoms with Gasteiger partial charge < -0.3 is 4.90 Å². The predicted octanol–water partition coefficient (Wildman–Crippen LogP) is 7.22. The maximum absolute atomic E-state index is 4.52. The topological polar surface area (TPSA) is 28.0 Å². The van der Waals surface area contributed by atoms with E-state index in [1.165, 1.54) is 16.8 Å². The Morgan fingerprint density at radius 1 is 1.13 bits per heavy atom. The van der Waals surface area contributed by atoms with E-state index in [4.69, 9.17) is 0 Å². The molecule has 1 atom stereocenters. The van der Waals surface area contributed by atoms with Crippen LogP contribution in [0.5, 0.6) is 0 Å². The van der Waals surface area contributed by atoms with Gasteiger partial charge in [0.05, 0.1) is 0 Å². The summed E-state index contributed by atoms with van der Waals surface area (Å²) in [5.74, 6) is 0.115. The number of allylic oxidation sites excluding steroid dienone is 5. The zero-order valence-electron chi connectivity index (χ0n) is 18.3. The molecule has 0 aliphatic carbocycles. The largest absolute Gasteiger partial charge is 0.321 e. The van der Waals surface area contributed by atoms with Gasteiger partial charge in [-0.05, 0) is 54.8 Å². The summed E-state index contributed by atoms with van der Waals surface area (Å²) in [4.78, 5) is 10.8. The molecule has 3 rings (SSSR count). The molecule has 2 aromatic carbocycles. The molecule has 0 aromatic heterocycles. The molecular formula is C28H31N3. The molecule has 3 nitrogen and oxygen atoms in total. The molecule has 0 radical (unpaired) electrons. The Hall–Kier alpha value is -3.46. The van der Waals surface area contributed by atoms with E-state index < -0.39 is 0 Å². The number of hydrogen-bond acceptors (Lipinski definition) is 3. The summed E-state index contributed by atoms with van der Waals surface area (Å²) in [7, 11) is 0. The van der Waals surface area contributed by atoms with E-state index in [0.29, 0.717) is 0 Å². The standard InChI is InChI=1S/C28H31N3/c1-4-17-30-22-26(21-29-3)23(5-2)19-27-15-9-10-18-31(27)28-16-11-14-25(20-28)24-12-7-6-8-13-24/h5-8,10-16,18,20-23H,2-4,9,17,19H2,1H3/b26-21+,30-22-. The normalized spacial score (nSPS) is 15.1. The van der Waals surface area contributed by atoms with Crippen LogP contribution in [0.1, 0.15) is 26.2 Å². The highest BCUT2D eigenvalue weighted by Crippen LogP contribution is 2.32. The lowest BCUT2D eigenvalue weighted by Crippen LogP contribution is -2.20. The highest BCUT2D eigenvalue weighted by Gasteiger charge is 2.18. The average Bonchev–Trinajstić information content (AvgIpc) is 2.83. The molecule has 3 heteroatoms. The molecule has 31 heavy (non-hydrogen) atoms. The molecule has 0 amide bonds. The summed E-state index contributed by atoms with van der Waals surface area (Å²) in [5.41, 5.74) is 5.86. The minimum absolute atomic E-state index is 0.115. The van der Waals surface area contributed by atoms with Gasteiger partial charge >= 0.3 is 0 Å². The first-order valence-corrected chi connectivity index (χ1v) is 10.9. The number of hydrogen-bond donors (Lipinski definition) is 0. The zero-order valence-corrected chi connectivity index (χ0v) is 18.3. The molecule has 1 aliphatic rings. The second-order valence-electron chi connectivity index (χ2n) is 7.50. The van der Waals surface area contributed by atoms with Gasteiger partial charge in [-0.1, -0.05) is 67.6 Å². The molecular weight excluding hydrogens is 378 g/mol. The van der Waals surface area contributed by atoms with Crippen molar-refractivity contribution < 1.29 is 0 Å². The lowest BCUT2D eigenvalue weighted by Gasteiger charge is -2.29. The molecule has 1 heterocycles. The first kappa shape index (κ1) is 22.2. The Bertz CT molecular complexity index is 996. The summed E-state index contributed by atoms with van der Waals surface area (Å²) >= 11 is 0. The fourth-order valence-corrected chi connectivity index (χ4v) is 3.66. The van der Waals surface area contributed by atoms with Gasteiger partial charge in [0.15, 0.2) is 0 Å². The second-order valence-corrected chi connectivity index (χ2v) is 7.50. The number of benzene rings is 2. The molecule has 2 aromatic rings. The third-order valence-electron chi connectivity index (χ3n) is 5.26. The minimum atomic E-state index is 0.115. The van der Waals surface area contributed by atoms with Crippen LogP contribution in [0.15, 0.2) is 113 Å². The van der Waals surface area contributed by atoms with Crippen LogP contribution in [0.25, 0.3) is 11.1 Å². The van der Waals surface area contributed by atoms with Crippen LogP contribution >= 0.6 is 0 Å². The van der Waals surface area contributed by atoms with Crippen LogP contribution in [0.2, 0.25) is 0 Å². The van der Waals surface area contributed by atoms with Gasteiger partial charge in [0, 0.05) is 42.5 Å². The maximum Gasteiger partial charge on any atom is 0.0458 e. The van der Waals surface area contributed by atoms with E-state index in [1.807, 2.05) is 18.4 Å². The van der Waals surface area contributed by atoms with Gasteiger partial charge in [0.1, 0.15) is 0 Å². The first-order valence-electron chi connectivity index (χ1n) is 10.9. The Morgan fingerprint density at radius 2 is 1.94 bits per heavy atom. The van der Waals surface area contributed by atoms with Crippen molar-refractivity contribution in [1.82, 2.24) is 0 Å². The third-order valence-corrected chi connectivity index (χ3v) is 5.26. The van der Waals surface area contributed by atoms with E-state index in [1.54, 1.807) is 6.20 Å². The van der Waals surface area contributed by atoms with Crippen molar-refractivity contribution in [3.05, 3.63) is 103 Å². The highest BCUT2D eigenvalue weighted by molar-refractivity contribution is 5.80. The van der Waals surface area contributed by atoms with Gasteiger partial charge in [0.25, 0.3) is 0 Å². The van der Waals surface area contributed by atoms with Gasteiger partial charge in [-0.3, -0.25) is 9.98 Å². The predicted molar refractivity (Wildman–Crippen MR) is 136 cm³/mol. The molecule has 1 aliphatic heterocycles. The van der Waals surface area contributed by atoms with E-state index in [0.717, 1.165) is 37.1 Å². The summed E-state index contributed by atoms with van der Waals surface area (Å²) in [6.07, 6.45) is 15.1. The van der Waals surface area contributed by atoms with Crippen molar-refractivity contribution in [2.45, 2.75) is 26.2 Å². The monoisotopic (exact) mass is 409 g/mol. The quantitative estimate of drug-likeness (QED) is 0.301. The number of nitrogens with zero attached hydrogens (tertiary/aromatic N) is 3. The number of rotatable bonds is 10.